The van der Waals surface area contributed by atoms with E-state index in [2.05, 4.69) is 10.3 Å². The Hall–Kier alpha value is -3.88. The van der Waals surface area contributed by atoms with E-state index in [-0.39, 0.29) is 18.9 Å². The van der Waals surface area contributed by atoms with Gasteiger partial charge in [-0.2, -0.15) is 13.2 Å². The van der Waals surface area contributed by atoms with Gasteiger partial charge in [-0.15, -0.1) is 0 Å². The van der Waals surface area contributed by atoms with Crippen LogP contribution in [0.1, 0.15) is 53.6 Å². The van der Waals surface area contributed by atoms with E-state index >= 15 is 0 Å². The molecule has 9 heteroatoms. The largest absolute Gasteiger partial charge is 0.494 e. The summed E-state index contributed by atoms with van der Waals surface area (Å²) in [4.78, 5) is 26.8. The fourth-order valence-corrected chi connectivity index (χ4v) is 3.64. The van der Waals surface area contributed by atoms with E-state index in [1.807, 2.05) is 12.1 Å². The van der Waals surface area contributed by atoms with Crippen molar-refractivity contribution >= 4 is 11.9 Å². The van der Waals surface area contributed by atoms with Crippen LogP contribution in [0, 0.1) is 0 Å². The molecule has 2 aromatic carbocycles. The summed E-state index contributed by atoms with van der Waals surface area (Å²) in [5.41, 5.74) is 2.14. The van der Waals surface area contributed by atoms with Crippen molar-refractivity contribution in [1.82, 2.24) is 10.3 Å². The number of halogens is 3. The first kappa shape index (κ1) is 27.7. The molecule has 196 valence electrons. The maximum atomic E-state index is 12.7. The predicted molar refractivity (Wildman–Crippen MR) is 133 cm³/mol. The zero-order valence-corrected chi connectivity index (χ0v) is 20.3. The average Bonchev–Trinajstić information content (AvgIpc) is 2.88. The number of aliphatic carboxylic acids is 1. The van der Waals surface area contributed by atoms with Crippen molar-refractivity contribution in [1.29, 1.82) is 0 Å². The Morgan fingerprint density at radius 2 is 1.59 bits per heavy atom. The lowest BCUT2D eigenvalue weighted by atomic mass is 10.1. The monoisotopic (exact) mass is 514 g/mol. The molecule has 37 heavy (non-hydrogen) atoms. The van der Waals surface area contributed by atoms with Crippen LogP contribution in [-0.4, -0.2) is 35.1 Å². The number of alkyl halides is 3. The minimum atomic E-state index is -4.35. The number of carbonyl (C=O) groups excluding carboxylic acids is 1. The number of unbranched alkanes of at least 4 members (excludes halogenated alkanes) is 3. The van der Waals surface area contributed by atoms with Gasteiger partial charge in [0.2, 0.25) is 0 Å². The number of hydrogen-bond donors (Lipinski definition) is 2. The molecule has 2 N–H and O–H groups in total. The molecule has 6 nitrogen and oxygen atoms in total. The highest BCUT2D eigenvalue weighted by atomic mass is 19.4. The summed E-state index contributed by atoms with van der Waals surface area (Å²) >= 11 is 0. The number of ether oxygens (including phenoxy) is 1. The van der Waals surface area contributed by atoms with E-state index in [1.54, 1.807) is 30.5 Å². The number of aryl methyl sites for hydroxylation is 1. The number of pyridine rings is 1. The van der Waals surface area contributed by atoms with E-state index < -0.39 is 17.7 Å². The summed E-state index contributed by atoms with van der Waals surface area (Å²) in [5.74, 6) is -0.618. The van der Waals surface area contributed by atoms with Gasteiger partial charge in [-0.3, -0.25) is 14.6 Å². The molecule has 1 aromatic heterocycles. The molecule has 1 amide bonds. The first-order chi connectivity index (χ1) is 17.7. The summed E-state index contributed by atoms with van der Waals surface area (Å²) in [7, 11) is 0. The zero-order valence-electron chi connectivity index (χ0n) is 20.3. The van der Waals surface area contributed by atoms with Gasteiger partial charge in [-0.1, -0.05) is 31.0 Å². The van der Waals surface area contributed by atoms with Gasteiger partial charge in [0.25, 0.3) is 5.91 Å². The van der Waals surface area contributed by atoms with Crippen molar-refractivity contribution in [2.45, 2.75) is 44.7 Å². The Morgan fingerprint density at radius 3 is 2.22 bits per heavy atom. The molecule has 0 unspecified atom stereocenters. The molecule has 1 heterocycles. The van der Waals surface area contributed by atoms with Gasteiger partial charge < -0.3 is 15.2 Å². The maximum absolute atomic E-state index is 12.7. The molecule has 0 radical (unpaired) electrons. The molecule has 3 aromatic rings. The van der Waals surface area contributed by atoms with Crippen LogP contribution in [0.4, 0.5) is 13.2 Å². The van der Waals surface area contributed by atoms with E-state index in [0.717, 1.165) is 49.8 Å². The molecule has 0 fully saturated rings. The van der Waals surface area contributed by atoms with Gasteiger partial charge in [0.1, 0.15) is 5.75 Å². The molecule has 0 aliphatic heterocycles. The molecule has 0 aliphatic rings. The van der Waals surface area contributed by atoms with Crippen molar-refractivity contribution in [3.63, 3.8) is 0 Å². The third-order valence-electron chi connectivity index (χ3n) is 5.70. The lowest BCUT2D eigenvalue weighted by molar-refractivity contribution is -0.138. The molecular weight excluding hydrogens is 485 g/mol. The van der Waals surface area contributed by atoms with Crippen LogP contribution in [0.5, 0.6) is 5.75 Å². The molecule has 0 aliphatic carbocycles. The Morgan fingerprint density at radius 1 is 0.892 bits per heavy atom. The lowest BCUT2D eigenvalue weighted by Crippen LogP contribution is -2.25. The van der Waals surface area contributed by atoms with Crippen LogP contribution in [0.3, 0.4) is 0 Å². The fraction of sp³-hybridized carbons (Fsp3) is 0.321. The summed E-state index contributed by atoms with van der Waals surface area (Å²) in [6, 6.07) is 15.5. The third-order valence-corrected chi connectivity index (χ3v) is 5.70. The van der Waals surface area contributed by atoms with E-state index in [4.69, 9.17) is 9.84 Å². The zero-order chi connectivity index (χ0) is 26.7. The Bertz CT molecular complexity index is 1150. The molecule has 3 rings (SSSR count). The first-order valence-electron chi connectivity index (χ1n) is 12.1. The van der Waals surface area contributed by atoms with Gasteiger partial charge in [0.15, 0.2) is 0 Å². The normalized spacial score (nSPS) is 11.2. The van der Waals surface area contributed by atoms with E-state index in [9.17, 15) is 22.8 Å². The van der Waals surface area contributed by atoms with Crippen LogP contribution >= 0.6 is 0 Å². The average molecular weight is 515 g/mol. The van der Waals surface area contributed by atoms with Gasteiger partial charge in [0.05, 0.1) is 24.3 Å². The van der Waals surface area contributed by atoms with E-state index in [1.165, 1.54) is 12.1 Å². The van der Waals surface area contributed by atoms with Crippen LogP contribution in [0.25, 0.3) is 11.3 Å². The summed E-state index contributed by atoms with van der Waals surface area (Å²) < 4.78 is 43.8. The number of rotatable bonds is 13. The highest BCUT2D eigenvalue weighted by Gasteiger charge is 2.30. The molecule has 0 saturated carbocycles. The Balaban J connectivity index is 1.30. The lowest BCUT2D eigenvalue weighted by Gasteiger charge is -2.08. The van der Waals surface area contributed by atoms with E-state index in [0.29, 0.717) is 29.2 Å². The van der Waals surface area contributed by atoms with Crippen molar-refractivity contribution in [3.05, 3.63) is 83.6 Å². The van der Waals surface area contributed by atoms with Gasteiger partial charge >= 0.3 is 12.1 Å². The summed E-state index contributed by atoms with van der Waals surface area (Å²) in [6.45, 7) is 0.643. The second-order valence-electron chi connectivity index (χ2n) is 8.56. The van der Waals surface area contributed by atoms with Crippen molar-refractivity contribution in [3.8, 4) is 17.0 Å². The number of benzene rings is 2. The van der Waals surface area contributed by atoms with Gasteiger partial charge in [-0.25, -0.2) is 0 Å². The predicted octanol–water partition coefficient (Wildman–Crippen LogP) is 6.15. The number of amides is 1. The molecule has 0 saturated heterocycles. The molecule has 0 spiro atoms. The molecule has 0 bridgehead atoms. The number of hydrogen-bond acceptors (Lipinski definition) is 4. The smallest absolute Gasteiger partial charge is 0.416 e. The summed E-state index contributed by atoms with van der Waals surface area (Å²) in [5, 5.41) is 11.2. The van der Waals surface area contributed by atoms with Gasteiger partial charge in [-0.05, 0) is 67.3 Å². The molecular formula is C28H29F3N2O4. The van der Waals surface area contributed by atoms with Gasteiger partial charge in [0, 0.05) is 23.9 Å². The van der Waals surface area contributed by atoms with Crippen LogP contribution in [-0.2, 0) is 17.4 Å². The number of aromatic nitrogens is 1. The topological polar surface area (TPSA) is 88.5 Å². The van der Waals surface area contributed by atoms with Crippen molar-refractivity contribution < 1.29 is 32.6 Å². The molecule has 0 atom stereocenters. The highest BCUT2D eigenvalue weighted by molar-refractivity contribution is 5.94. The van der Waals surface area contributed by atoms with Crippen LogP contribution < -0.4 is 10.1 Å². The maximum Gasteiger partial charge on any atom is 0.416 e. The van der Waals surface area contributed by atoms with Crippen molar-refractivity contribution in [2.24, 2.45) is 0 Å². The minimum Gasteiger partial charge on any atom is -0.494 e. The Labute approximate surface area is 213 Å². The first-order valence-corrected chi connectivity index (χ1v) is 12.1. The third kappa shape index (κ3) is 9.25. The Kier molecular flexibility index (Phi) is 10.1. The standard InChI is InChI=1S/C28H29F3N2O4/c29-28(30,31)23-11-7-21(8-12-23)25-15-6-20(19-33-25)5-3-1-2-4-18-37-24-13-9-22(10-14-24)27(36)32-17-16-26(34)35/h6-15,19H,1-5,16-18H2,(H,32,36)(H,34,35). The summed E-state index contributed by atoms with van der Waals surface area (Å²) in [6.07, 6.45) is 2.08. The minimum absolute atomic E-state index is 0.0803. The number of nitrogens with one attached hydrogen (secondary N) is 1. The van der Waals surface area contributed by atoms with Crippen molar-refractivity contribution in [2.75, 3.05) is 13.2 Å². The number of carboxylic acid groups (broad SMARTS) is 1. The quantitative estimate of drug-likeness (QED) is 0.267. The number of carbonyl (C=O) groups is 2. The second kappa shape index (κ2) is 13.4. The number of carboxylic acids is 1. The van der Waals surface area contributed by atoms with Crippen LogP contribution in [0.15, 0.2) is 66.9 Å². The fourth-order valence-electron chi connectivity index (χ4n) is 3.64. The SMILES string of the molecule is O=C(O)CCNC(=O)c1ccc(OCCCCCCc2ccc(-c3ccc(C(F)(F)F)cc3)nc2)cc1. The highest BCUT2D eigenvalue weighted by Crippen LogP contribution is 2.30. The van der Waals surface area contributed by atoms with Crippen LogP contribution in [0.2, 0.25) is 0 Å². The number of nitrogens with zero attached hydrogens (tertiary/aromatic N) is 1. The second-order valence-corrected chi connectivity index (χ2v) is 8.56.